The van der Waals surface area contributed by atoms with Crippen molar-refractivity contribution in [2.24, 2.45) is 0 Å². The Labute approximate surface area is 159 Å². The van der Waals surface area contributed by atoms with E-state index in [1.54, 1.807) is 0 Å². The van der Waals surface area contributed by atoms with E-state index in [2.05, 4.69) is 17.4 Å². The molecule has 0 heterocycles. The molecule has 0 fully saturated rings. The minimum atomic E-state index is -6.33. The third-order valence-electron chi connectivity index (χ3n) is 3.72. The number of rotatable bonds is 11. The summed E-state index contributed by atoms with van der Waals surface area (Å²) >= 11 is 3.23. The molecule has 160 valence electrons. The first-order valence-corrected chi connectivity index (χ1v) is 8.26. The van der Waals surface area contributed by atoms with Gasteiger partial charge in [-0.1, -0.05) is 0 Å². The number of halogens is 8. The van der Waals surface area contributed by atoms with Crippen molar-refractivity contribution in [3.8, 4) is 0 Å². The van der Waals surface area contributed by atoms with Gasteiger partial charge in [0.2, 0.25) is 0 Å². The zero-order valence-corrected chi connectivity index (χ0v) is 14.9. The van der Waals surface area contributed by atoms with E-state index in [0.29, 0.717) is 0 Å². The number of nitro groups is 1. The van der Waals surface area contributed by atoms with Gasteiger partial charge in [-0.15, -0.1) is 0 Å². The molecule has 1 aromatic carbocycles. The maximum atomic E-state index is 13.6. The lowest BCUT2D eigenvalue weighted by Gasteiger charge is -2.36. The summed E-state index contributed by atoms with van der Waals surface area (Å²) in [5, 5.41) is 10.5. The third-order valence-corrected chi connectivity index (χ3v) is 3.94. The molecule has 0 saturated carbocycles. The van der Waals surface area contributed by atoms with Gasteiger partial charge in [0, 0.05) is 25.0 Å². The van der Waals surface area contributed by atoms with Crippen molar-refractivity contribution >= 4 is 18.3 Å². The van der Waals surface area contributed by atoms with Crippen LogP contribution < -0.4 is 0 Å². The lowest BCUT2D eigenvalue weighted by Crippen LogP contribution is -2.62. The van der Waals surface area contributed by atoms with Crippen molar-refractivity contribution < 1.29 is 44.8 Å². The highest BCUT2D eigenvalue weighted by molar-refractivity contribution is 7.80. The van der Waals surface area contributed by atoms with E-state index in [1.807, 2.05) is 0 Å². The number of ether oxygens (including phenoxy) is 1. The maximum Gasteiger partial charge on any atom is 0.378 e. The van der Waals surface area contributed by atoms with Crippen molar-refractivity contribution in [1.82, 2.24) is 0 Å². The number of nitrogens with zero attached hydrogens (tertiary/aromatic N) is 1. The van der Waals surface area contributed by atoms with Gasteiger partial charge in [-0.25, -0.2) is 0 Å². The Hall–Kier alpha value is -1.63. The van der Waals surface area contributed by atoms with Crippen LogP contribution in [0.3, 0.4) is 0 Å². The standard InChI is InChI=1S/C15H15F8NO3S/c16-12(17,14(20,21)15(22,23)13(18,19)6-8-28)5-7-27-9-10-1-3-11(4-2-10)24(25)26/h1-4,28H,5-9H2. The van der Waals surface area contributed by atoms with Crippen molar-refractivity contribution in [2.45, 2.75) is 43.1 Å². The molecule has 0 amide bonds. The van der Waals surface area contributed by atoms with Crippen molar-refractivity contribution in [2.75, 3.05) is 12.4 Å². The molecule has 0 radical (unpaired) electrons. The van der Waals surface area contributed by atoms with Crippen LogP contribution >= 0.6 is 12.6 Å². The number of benzene rings is 1. The molecule has 0 spiro atoms. The fourth-order valence-electron chi connectivity index (χ4n) is 2.02. The molecule has 0 aliphatic carbocycles. The number of thiol groups is 1. The molecule has 0 atom stereocenters. The van der Waals surface area contributed by atoms with Crippen LogP contribution in [0.25, 0.3) is 0 Å². The average molecular weight is 441 g/mol. The molecule has 0 saturated heterocycles. The highest BCUT2D eigenvalue weighted by atomic mass is 32.1. The normalized spacial score (nSPS) is 13.6. The molecule has 0 aliphatic rings. The summed E-state index contributed by atoms with van der Waals surface area (Å²) < 4.78 is 112. The summed E-state index contributed by atoms with van der Waals surface area (Å²) in [6, 6.07) is 4.56. The van der Waals surface area contributed by atoms with Crippen molar-refractivity contribution in [3.05, 3.63) is 39.9 Å². The number of nitro benzene ring substituents is 1. The fraction of sp³-hybridized carbons (Fsp3) is 0.600. The highest BCUT2D eigenvalue weighted by Crippen LogP contribution is 2.54. The van der Waals surface area contributed by atoms with Gasteiger partial charge in [0.1, 0.15) is 0 Å². The third kappa shape index (κ3) is 5.04. The molecule has 13 heteroatoms. The number of non-ortho nitro benzene ring substituents is 1. The van der Waals surface area contributed by atoms with Crippen LogP contribution in [0.5, 0.6) is 0 Å². The predicted octanol–water partition coefficient (Wildman–Crippen LogP) is 5.36. The van der Waals surface area contributed by atoms with Crippen molar-refractivity contribution in [3.63, 3.8) is 0 Å². The molecule has 1 rings (SSSR count). The van der Waals surface area contributed by atoms with Gasteiger partial charge in [0.15, 0.2) is 0 Å². The largest absolute Gasteiger partial charge is 0.378 e. The summed E-state index contributed by atoms with van der Waals surface area (Å²) in [5.74, 6) is -24.4. The minimum Gasteiger partial charge on any atom is -0.377 e. The second-order valence-corrected chi connectivity index (χ2v) is 6.20. The smallest absolute Gasteiger partial charge is 0.377 e. The van der Waals surface area contributed by atoms with E-state index >= 15 is 0 Å². The van der Waals surface area contributed by atoms with Gasteiger partial charge < -0.3 is 4.74 Å². The summed E-state index contributed by atoms with van der Waals surface area (Å²) in [7, 11) is 0. The first-order chi connectivity index (χ1) is 12.7. The molecule has 0 unspecified atom stereocenters. The molecule has 0 aromatic heterocycles. The van der Waals surface area contributed by atoms with Crippen LogP contribution in [0.1, 0.15) is 18.4 Å². The number of alkyl halides is 8. The van der Waals surface area contributed by atoms with E-state index in [9.17, 15) is 45.2 Å². The lowest BCUT2D eigenvalue weighted by molar-refractivity contribution is -0.384. The molecule has 0 N–H and O–H groups in total. The Morgan fingerprint density at radius 1 is 0.893 bits per heavy atom. The quantitative estimate of drug-likeness (QED) is 0.165. The number of hydrogen-bond donors (Lipinski definition) is 1. The Balaban J connectivity index is 2.72. The lowest BCUT2D eigenvalue weighted by atomic mass is 9.95. The summed E-state index contributed by atoms with van der Waals surface area (Å²) in [6.45, 7) is -1.58. The van der Waals surface area contributed by atoms with E-state index in [-0.39, 0.29) is 11.3 Å². The van der Waals surface area contributed by atoms with Crippen LogP contribution in [-0.4, -0.2) is 41.0 Å². The van der Waals surface area contributed by atoms with Gasteiger partial charge in [0.25, 0.3) is 5.69 Å². The van der Waals surface area contributed by atoms with Gasteiger partial charge in [-0.3, -0.25) is 10.1 Å². The van der Waals surface area contributed by atoms with E-state index in [0.717, 1.165) is 12.1 Å². The van der Waals surface area contributed by atoms with Gasteiger partial charge >= 0.3 is 23.7 Å². The van der Waals surface area contributed by atoms with E-state index in [4.69, 9.17) is 0 Å². The zero-order valence-electron chi connectivity index (χ0n) is 14.0. The Morgan fingerprint density at radius 3 is 1.79 bits per heavy atom. The summed E-state index contributed by atoms with van der Waals surface area (Å²) in [5.41, 5.74) is -0.00869. The fourth-order valence-corrected chi connectivity index (χ4v) is 2.30. The maximum absolute atomic E-state index is 13.6. The van der Waals surface area contributed by atoms with Crippen LogP contribution in [-0.2, 0) is 11.3 Å². The highest BCUT2D eigenvalue weighted by Gasteiger charge is 2.79. The van der Waals surface area contributed by atoms with E-state index in [1.165, 1.54) is 12.1 Å². The van der Waals surface area contributed by atoms with Crippen LogP contribution in [0, 0.1) is 10.1 Å². The molecule has 4 nitrogen and oxygen atoms in total. The molecular weight excluding hydrogens is 426 g/mol. The second-order valence-electron chi connectivity index (χ2n) is 5.76. The first kappa shape index (κ1) is 24.4. The van der Waals surface area contributed by atoms with Crippen molar-refractivity contribution in [1.29, 1.82) is 0 Å². The molecular formula is C15H15F8NO3S. The van der Waals surface area contributed by atoms with Crippen LogP contribution in [0.15, 0.2) is 24.3 Å². The molecule has 1 aromatic rings. The molecule has 0 bridgehead atoms. The second kappa shape index (κ2) is 8.80. The van der Waals surface area contributed by atoms with Crippen LogP contribution in [0.4, 0.5) is 40.8 Å². The average Bonchev–Trinajstić information content (AvgIpc) is 2.58. The zero-order chi connectivity index (χ0) is 21.8. The summed E-state index contributed by atoms with van der Waals surface area (Å²) in [6.07, 6.45) is -3.76. The Bertz CT molecular complexity index is 670. The topological polar surface area (TPSA) is 52.4 Å². The minimum absolute atomic E-state index is 0.256. The predicted molar refractivity (Wildman–Crippen MR) is 85.6 cm³/mol. The number of hydrogen-bond acceptors (Lipinski definition) is 4. The van der Waals surface area contributed by atoms with Crippen LogP contribution in [0.2, 0.25) is 0 Å². The van der Waals surface area contributed by atoms with Gasteiger partial charge in [-0.2, -0.15) is 47.8 Å². The first-order valence-electron chi connectivity index (χ1n) is 7.63. The summed E-state index contributed by atoms with van der Waals surface area (Å²) in [4.78, 5) is 9.77. The van der Waals surface area contributed by atoms with Gasteiger partial charge in [-0.05, 0) is 23.4 Å². The molecule has 28 heavy (non-hydrogen) atoms. The SMILES string of the molecule is O=[N+]([O-])c1ccc(COCCC(F)(F)C(F)(F)C(F)(F)C(F)(F)CCS)cc1. The van der Waals surface area contributed by atoms with Gasteiger partial charge in [0.05, 0.1) is 18.1 Å². The Morgan fingerprint density at radius 2 is 1.36 bits per heavy atom. The van der Waals surface area contributed by atoms with E-state index < -0.39 is 60.4 Å². The Kier molecular flexibility index (Phi) is 7.67. The monoisotopic (exact) mass is 441 g/mol. The molecule has 0 aliphatic heterocycles.